The second-order valence-corrected chi connectivity index (χ2v) is 7.07. The third-order valence-corrected chi connectivity index (χ3v) is 4.77. The summed E-state index contributed by atoms with van der Waals surface area (Å²) in [5.74, 6) is 1.00. The molecule has 1 aromatic heterocycles. The Morgan fingerprint density at radius 3 is 2.08 bits per heavy atom. The number of benzene rings is 2. The monoisotopic (exact) mass is 333 g/mol. The molecule has 2 aromatic carbocycles. The first kappa shape index (κ1) is 17.5. The summed E-state index contributed by atoms with van der Waals surface area (Å²) in [6.45, 7) is 10.8. The highest BCUT2D eigenvalue weighted by Crippen LogP contribution is 2.38. The second kappa shape index (κ2) is 7.26. The molecule has 0 aliphatic carbocycles. The molecule has 0 N–H and O–H groups in total. The minimum atomic E-state index is 0.927. The van der Waals surface area contributed by atoms with Crippen LogP contribution in [0.3, 0.4) is 0 Å². The van der Waals surface area contributed by atoms with E-state index in [0.717, 1.165) is 36.3 Å². The number of hydrogen-bond acceptors (Lipinski definition) is 2. The molecular formula is C23H27NO. The highest BCUT2D eigenvalue weighted by Gasteiger charge is 2.21. The Kier molecular flexibility index (Phi) is 5.08. The van der Waals surface area contributed by atoms with Crippen LogP contribution < -0.4 is 0 Å². The topological polar surface area (TPSA) is 26.0 Å². The van der Waals surface area contributed by atoms with Crippen LogP contribution in [0, 0.1) is 27.7 Å². The molecule has 3 rings (SSSR count). The van der Waals surface area contributed by atoms with Crippen LogP contribution in [0.5, 0.6) is 0 Å². The quantitative estimate of drug-likeness (QED) is 0.526. The summed E-state index contributed by atoms with van der Waals surface area (Å²) in [6, 6.07) is 13.1. The molecule has 0 amide bonds. The van der Waals surface area contributed by atoms with E-state index in [4.69, 9.17) is 4.52 Å². The molecule has 2 heteroatoms. The zero-order valence-electron chi connectivity index (χ0n) is 15.9. The fourth-order valence-corrected chi connectivity index (χ4v) is 3.57. The van der Waals surface area contributed by atoms with Crippen LogP contribution in [0.1, 0.15) is 47.8 Å². The Morgan fingerprint density at radius 1 is 0.840 bits per heavy atom. The average Bonchev–Trinajstić information content (AvgIpc) is 2.96. The van der Waals surface area contributed by atoms with E-state index >= 15 is 0 Å². The predicted octanol–water partition coefficient (Wildman–Crippen LogP) is 6.58. The van der Waals surface area contributed by atoms with Crippen molar-refractivity contribution in [2.45, 2.75) is 53.9 Å². The van der Waals surface area contributed by atoms with E-state index in [2.05, 4.69) is 76.2 Å². The average molecular weight is 333 g/mol. The first-order valence-electron chi connectivity index (χ1n) is 9.15. The maximum absolute atomic E-state index is 5.83. The van der Waals surface area contributed by atoms with Gasteiger partial charge in [0.2, 0.25) is 0 Å². The van der Waals surface area contributed by atoms with Crippen molar-refractivity contribution in [2.24, 2.45) is 0 Å². The standard InChI is InChI=1S/C23H27NO/c1-6-7-8-20-22(19-11-9-15(2)10-12-19)23(24-25-20)21-17(4)13-16(3)14-18(21)5/h9-14H,6-8H2,1-5H3. The Morgan fingerprint density at radius 2 is 1.48 bits per heavy atom. The lowest BCUT2D eigenvalue weighted by atomic mass is 9.91. The molecule has 0 radical (unpaired) electrons. The van der Waals surface area contributed by atoms with Crippen molar-refractivity contribution in [3.05, 3.63) is 64.4 Å². The van der Waals surface area contributed by atoms with Crippen LogP contribution in [-0.4, -0.2) is 5.16 Å². The van der Waals surface area contributed by atoms with Gasteiger partial charge in [-0.2, -0.15) is 0 Å². The van der Waals surface area contributed by atoms with Crippen molar-refractivity contribution in [2.75, 3.05) is 0 Å². The smallest absolute Gasteiger partial charge is 0.145 e. The molecule has 0 aliphatic heterocycles. The summed E-state index contributed by atoms with van der Waals surface area (Å²) in [6.07, 6.45) is 3.18. The number of aromatic nitrogens is 1. The van der Waals surface area contributed by atoms with Gasteiger partial charge in [-0.25, -0.2) is 0 Å². The first-order chi connectivity index (χ1) is 12.0. The summed E-state index contributed by atoms with van der Waals surface area (Å²) >= 11 is 0. The second-order valence-electron chi connectivity index (χ2n) is 7.07. The van der Waals surface area contributed by atoms with Gasteiger partial charge < -0.3 is 4.52 Å². The zero-order valence-corrected chi connectivity index (χ0v) is 15.9. The van der Waals surface area contributed by atoms with Crippen molar-refractivity contribution in [3.8, 4) is 22.4 Å². The third-order valence-electron chi connectivity index (χ3n) is 4.77. The molecule has 0 saturated carbocycles. The molecule has 0 aliphatic rings. The molecule has 0 fully saturated rings. The molecule has 130 valence electrons. The van der Waals surface area contributed by atoms with E-state index in [0.29, 0.717) is 0 Å². The SMILES string of the molecule is CCCCc1onc(-c2c(C)cc(C)cc2C)c1-c1ccc(C)cc1. The molecule has 0 bridgehead atoms. The normalized spacial score (nSPS) is 11.1. The summed E-state index contributed by atoms with van der Waals surface area (Å²) in [5.41, 5.74) is 9.57. The van der Waals surface area contributed by atoms with Crippen molar-refractivity contribution in [3.63, 3.8) is 0 Å². The van der Waals surface area contributed by atoms with Crippen LogP contribution >= 0.6 is 0 Å². The molecule has 0 atom stereocenters. The van der Waals surface area contributed by atoms with Gasteiger partial charge in [-0.3, -0.25) is 0 Å². The van der Waals surface area contributed by atoms with Crippen LogP contribution in [0.2, 0.25) is 0 Å². The Labute approximate surface area is 150 Å². The third kappa shape index (κ3) is 3.53. The number of hydrogen-bond donors (Lipinski definition) is 0. The van der Waals surface area contributed by atoms with Gasteiger partial charge in [0.25, 0.3) is 0 Å². The van der Waals surface area contributed by atoms with Gasteiger partial charge in [-0.1, -0.05) is 66.0 Å². The molecular weight excluding hydrogens is 306 g/mol. The van der Waals surface area contributed by atoms with E-state index in [-0.39, 0.29) is 0 Å². The van der Waals surface area contributed by atoms with Gasteiger partial charge in [0.1, 0.15) is 11.5 Å². The lowest BCUT2D eigenvalue weighted by Crippen LogP contribution is -1.94. The minimum Gasteiger partial charge on any atom is -0.360 e. The fourth-order valence-electron chi connectivity index (χ4n) is 3.57. The summed E-state index contributed by atoms with van der Waals surface area (Å²) in [7, 11) is 0. The summed E-state index contributed by atoms with van der Waals surface area (Å²) in [4.78, 5) is 0. The molecule has 0 saturated heterocycles. The number of unbranched alkanes of at least 4 members (excludes halogenated alkanes) is 1. The van der Waals surface area contributed by atoms with Gasteiger partial charge in [-0.05, 0) is 50.8 Å². The van der Waals surface area contributed by atoms with E-state index in [1.165, 1.54) is 33.4 Å². The number of aryl methyl sites for hydroxylation is 5. The lowest BCUT2D eigenvalue weighted by molar-refractivity contribution is 0.382. The lowest BCUT2D eigenvalue weighted by Gasteiger charge is -2.11. The van der Waals surface area contributed by atoms with E-state index in [1.54, 1.807) is 0 Å². The van der Waals surface area contributed by atoms with Crippen molar-refractivity contribution in [1.82, 2.24) is 5.16 Å². The van der Waals surface area contributed by atoms with Gasteiger partial charge in [0, 0.05) is 12.0 Å². The van der Waals surface area contributed by atoms with Crippen LogP contribution in [0.25, 0.3) is 22.4 Å². The molecule has 25 heavy (non-hydrogen) atoms. The number of nitrogens with zero attached hydrogens (tertiary/aromatic N) is 1. The van der Waals surface area contributed by atoms with Crippen molar-refractivity contribution < 1.29 is 4.52 Å². The predicted molar refractivity (Wildman–Crippen MR) is 105 cm³/mol. The highest BCUT2D eigenvalue weighted by molar-refractivity contribution is 5.85. The van der Waals surface area contributed by atoms with Gasteiger partial charge in [0.15, 0.2) is 0 Å². The Hall–Kier alpha value is -2.35. The summed E-state index contributed by atoms with van der Waals surface area (Å²) < 4.78 is 5.83. The molecule has 0 spiro atoms. The molecule has 2 nitrogen and oxygen atoms in total. The van der Waals surface area contributed by atoms with Gasteiger partial charge >= 0.3 is 0 Å². The largest absolute Gasteiger partial charge is 0.360 e. The van der Waals surface area contributed by atoms with Crippen LogP contribution in [0.15, 0.2) is 40.9 Å². The van der Waals surface area contributed by atoms with Gasteiger partial charge in [-0.15, -0.1) is 0 Å². The minimum absolute atomic E-state index is 0.927. The van der Waals surface area contributed by atoms with Crippen LogP contribution in [0.4, 0.5) is 0 Å². The van der Waals surface area contributed by atoms with Crippen molar-refractivity contribution in [1.29, 1.82) is 0 Å². The maximum Gasteiger partial charge on any atom is 0.145 e. The van der Waals surface area contributed by atoms with E-state index in [1.807, 2.05) is 0 Å². The highest BCUT2D eigenvalue weighted by atomic mass is 16.5. The Bertz CT molecular complexity index is 849. The molecule has 3 aromatic rings. The van der Waals surface area contributed by atoms with E-state index < -0.39 is 0 Å². The summed E-state index contributed by atoms with van der Waals surface area (Å²) in [5, 5.41) is 4.51. The fraction of sp³-hybridized carbons (Fsp3) is 0.348. The van der Waals surface area contributed by atoms with Crippen molar-refractivity contribution >= 4 is 0 Å². The molecule has 0 unspecified atom stereocenters. The zero-order chi connectivity index (χ0) is 18.0. The molecule has 1 heterocycles. The maximum atomic E-state index is 5.83. The van der Waals surface area contributed by atoms with Gasteiger partial charge in [0.05, 0.1) is 5.56 Å². The number of rotatable bonds is 5. The Balaban J connectivity index is 2.21. The van der Waals surface area contributed by atoms with E-state index in [9.17, 15) is 0 Å². The first-order valence-corrected chi connectivity index (χ1v) is 9.15. The van der Waals surface area contributed by atoms with Crippen LogP contribution in [-0.2, 0) is 6.42 Å².